The summed E-state index contributed by atoms with van der Waals surface area (Å²) < 4.78 is 1.98. The van der Waals surface area contributed by atoms with Crippen molar-refractivity contribution in [2.75, 3.05) is 11.9 Å². The molecule has 1 N–H and O–H groups in total. The summed E-state index contributed by atoms with van der Waals surface area (Å²) in [5.41, 5.74) is 3.43. The van der Waals surface area contributed by atoms with Gasteiger partial charge in [0.1, 0.15) is 12.1 Å². The lowest BCUT2D eigenvalue weighted by Crippen LogP contribution is -2.12. The molecule has 0 aromatic carbocycles. The van der Waals surface area contributed by atoms with E-state index in [1.54, 1.807) is 6.33 Å². The molecule has 21 heavy (non-hydrogen) atoms. The van der Waals surface area contributed by atoms with Gasteiger partial charge in [0, 0.05) is 17.8 Å². The second kappa shape index (κ2) is 7.20. The van der Waals surface area contributed by atoms with Gasteiger partial charge in [0.25, 0.3) is 0 Å². The first-order chi connectivity index (χ1) is 10.2. The van der Waals surface area contributed by atoms with E-state index in [4.69, 9.17) is 5.10 Å². The van der Waals surface area contributed by atoms with Crippen LogP contribution in [-0.4, -0.2) is 26.3 Å². The predicted octanol–water partition coefficient (Wildman–Crippen LogP) is 3.17. The Bertz CT molecular complexity index is 588. The maximum absolute atomic E-state index is 4.70. The highest BCUT2D eigenvalue weighted by Crippen LogP contribution is 2.21. The van der Waals surface area contributed by atoms with Gasteiger partial charge in [0.2, 0.25) is 0 Å². The molecule has 5 heteroatoms. The molecule has 2 aromatic heterocycles. The zero-order valence-electron chi connectivity index (χ0n) is 13.5. The van der Waals surface area contributed by atoms with E-state index < -0.39 is 0 Å². The maximum Gasteiger partial charge on any atom is 0.162 e. The highest BCUT2D eigenvalue weighted by Gasteiger charge is 2.15. The van der Waals surface area contributed by atoms with Crippen LogP contribution in [0.5, 0.6) is 0 Å². The van der Waals surface area contributed by atoms with Crippen LogP contribution in [0.4, 0.5) is 5.82 Å². The molecule has 0 radical (unpaired) electrons. The first-order valence-corrected chi connectivity index (χ1v) is 7.90. The van der Waals surface area contributed by atoms with E-state index >= 15 is 0 Å². The van der Waals surface area contributed by atoms with Crippen LogP contribution in [0.15, 0.2) is 12.4 Å². The van der Waals surface area contributed by atoms with Crippen LogP contribution in [0.1, 0.15) is 51.1 Å². The fraction of sp³-hybridized carbons (Fsp3) is 0.562. The number of nitrogens with one attached hydrogen (secondary N) is 1. The first kappa shape index (κ1) is 15.5. The summed E-state index contributed by atoms with van der Waals surface area (Å²) in [6, 6.07) is 2.17. The minimum atomic E-state index is 0.882. The molecule has 2 rings (SSSR count). The Hall–Kier alpha value is -1.91. The Kier molecular flexibility index (Phi) is 5.31. The topological polar surface area (TPSA) is 55.6 Å². The van der Waals surface area contributed by atoms with Gasteiger partial charge in [-0.2, -0.15) is 5.10 Å². The molecule has 0 aliphatic heterocycles. The van der Waals surface area contributed by atoms with Crippen LogP contribution < -0.4 is 5.32 Å². The van der Waals surface area contributed by atoms with Gasteiger partial charge in [-0.05, 0) is 31.7 Å². The van der Waals surface area contributed by atoms with Gasteiger partial charge < -0.3 is 5.32 Å². The van der Waals surface area contributed by atoms with Crippen molar-refractivity contribution in [3.63, 3.8) is 0 Å². The zero-order chi connectivity index (χ0) is 15.2. The van der Waals surface area contributed by atoms with Crippen LogP contribution in [-0.2, 0) is 19.3 Å². The Morgan fingerprint density at radius 2 is 1.86 bits per heavy atom. The van der Waals surface area contributed by atoms with Crippen molar-refractivity contribution >= 4 is 5.82 Å². The molecule has 114 valence electrons. The number of hydrogen-bond donors (Lipinski definition) is 1. The fourth-order valence-corrected chi connectivity index (χ4v) is 2.39. The van der Waals surface area contributed by atoms with E-state index in [9.17, 15) is 0 Å². The van der Waals surface area contributed by atoms with Gasteiger partial charge in [-0.3, -0.25) is 0 Å². The summed E-state index contributed by atoms with van der Waals surface area (Å²) in [5, 5.41) is 8.09. The SMILES string of the molecule is CCCNc1ncnc(-n2nc(CC)cc2CC)c1CC. The van der Waals surface area contributed by atoms with Gasteiger partial charge in [-0.1, -0.05) is 27.7 Å². The third-order valence-corrected chi connectivity index (χ3v) is 3.58. The zero-order valence-corrected chi connectivity index (χ0v) is 13.5. The summed E-state index contributed by atoms with van der Waals surface area (Å²) in [6.07, 6.45) is 5.46. The van der Waals surface area contributed by atoms with E-state index in [1.807, 2.05) is 4.68 Å². The molecule has 0 atom stereocenters. The van der Waals surface area contributed by atoms with Crippen molar-refractivity contribution in [3.8, 4) is 5.82 Å². The molecular weight excluding hydrogens is 262 g/mol. The average Bonchev–Trinajstić information content (AvgIpc) is 2.95. The molecule has 0 fully saturated rings. The quantitative estimate of drug-likeness (QED) is 0.850. The highest BCUT2D eigenvalue weighted by molar-refractivity contribution is 5.52. The maximum atomic E-state index is 4.70. The van der Waals surface area contributed by atoms with Crippen molar-refractivity contribution in [2.45, 2.75) is 53.4 Å². The predicted molar refractivity (Wildman–Crippen MR) is 86.1 cm³/mol. The summed E-state index contributed by atoms with van der Waals surface area (Å²) in [4.78, 5) is 8.89. The molecule has 0 amide bonds. The van der Waals surface area contributed by atoms with Crippen LogP contribution in [0.3, 0.4) is 0 Å². The number of anilines is 1. The summed E-state index contributed by atoms with van der Waals surface area (Å²) >= 11 is 0. The minimum Gasteiger partial charge on any atom is -0.370 e. The van der Waals surface area contributed by atoms with Crippen LogP contribution >= 0.6 is 0 Å². The van der Waals surface area contributed by atoms with Crippen LogP contribution in [0.25, 0.3) is 5.82 Å². The monoisotopic (exact) mass is 287 g/mol. The molecule has 0 saturated heterocycles. The van der Waals surface area contributed by atoms with Crippen molar-refractivity contribution in [1.82, 2.24) is 19.7 Å². The van der Waals surface area contributed by atoms with E-state index in [2.05, 4.69) is 49.0 Å². The van der Waals surface area contributed by atoms with Crippen LogP contribution in [0, 0.1) is 0 Å². The molecule has 0 unspecified atom stereocenters. The lowest BCUT2D eigenvalue weighted by atomic mass is 10.2. The number of rotatable bonds is 7. The lowest BCUT2D eigenvalue weighted by molar-refractivity contribution is 0.755. The van der Waals surface area contributed by atoms with Gasteiger partial charge in [0.15, 0.2) is 5.82 Å². The van der Waals surface area contributed by atoms with Crippen molar-refractivity contribution in [2.24, 2.45) is 0 Å². The standard InChI is InChI=1S/C16H25N5/c1-5-9-17-15-14(8-4)16(19-11-18-15)21-13(7-3)10-12(6-2)20-21/h10-11H,5-9H2,1-4H3,(H,17,18,19). The van der Waals surface area contributed by atoms with Gasteiger partial charge in [-0.25, -0.2) is 14.6 Å². The second-order valence-electron chi connectivity index (χ2n) is 5.05. The molecule has 2 aromatic rings. The number of nitrogens with zero attached hydrogens (tertiary/aromatic N) is 4. The Morgan fingerprint density at radius 3 is 2.48 bits per heavy atom. The third-order valence-electron chi connectivity index (χ3n) is 3.58. The number of hydrogen-bond acceptors (Lipinski definition) is 4. The largest absolute Gasteiger partial charge is 0.370 e. The number of aromatic nitrogens is 4. The van der Waals surface area contributed by atoms with Crippen molar-refractivity contribution in [3.05, 3.63) is 29.3 Å². The summed E-state index contributed by atoms with van der Waals surface area (Å²) in [5.74, 6) is 1.84. The molecule has 0 bridgehead atoms. The normalized spacial score (nSPS) is 10.9. The van der Waals surface area contributed by atoms with Crippen molar-refractivity contribution < 1.29 is 0 Å². The van der Waals surface area contributed by atoms with Crippen molar-refractivity contribution in [1.29, 1.82) is 0 Å². The summed E-state index contributed by atoms with van der Waals surface area (Å²) in [7, 11) is 0. The third kappa shape index (κ3) is 3.23. The average molecular weight is 287 g/mol. The Labute approximate surface area is 126 Å². The van der Waals surface area contributed by atoms with E-state index in [1.165, 1.54) is 5.69 Å². The van der Waals surface area contributed by atoms with E-state index in [0.717, 1.165) is 55.1 Å². The highest BCUT2D eigenvalue weighted by atomic mass is 15.3. The fourth-order valence-electron chi connectivity index (χ4n) is 2.39. The Balaban J connectivity index is 2.50. The van der Waals surface area contributed by atoms with E-state index in [0.29, 0.717) is 0 Å². The molecule has 0 aliphatic carbocycles. The first-order valence-electron chi connectivity index (χ1n) is 7.90. The second-order valence-corrected chi connectivity index (χ2v) is 5.05. The molecular formula is C16H25N5. The lowest BCUT2D eigenvalue weighted by Gasteiger charge is -2.14. The van der Waals surface area contributed by atoms with Crippen LogP contribution in [0.2, 0.25) is 0 Å². The minimum absolute atomic E-state index is 0.882. The smallest absolute Gasteiger partial charge is 0.162 e. The van der Waals surface area contributed by atoms with Gasteiger partial charge in [0.05, 0.1) is 5.69 Å². The van der Waals surface area contributed by atoms with Gasteiger partial charge >= 0.3 is 0 Å². The van der Waals surface area contributed by atoms with Gasteiger partial charge in [-0.15, -0.1) is 0 Å². The number of aryl methyl sites for hydroxylation is 2. The molecule has 0 saturated carbocycles. The molecule has 0 aliphatic rings. The summed E-state index contributed by atoms with van der Waals surface area (Å²) in [6.45, 7) is 9.48. The molecule has 2 heterocycles. The molecule has 0 spiro atoms. The molecule has 5 nitrogen and oxygen atoms in total. The van der Waals surface area contributed by atoms with E-state index in [-0.39, 0.29) is 0 Å². The Morgan fingerprint density at radius 1 is 1.05 bits per heavy atom.